The van der Waals surface area contributed by atoms with Crippen molar-refractivity contribution in [3.05, 3.63) is 35.9 Å². The molecule has 2 rings (SSSR count). The fourth-order valence-corrected chi connectivity index (χ4v) is 2.33. The van der Waals surface area contributed by atoms with E-state index in [2.05, 4.69) is 17.0 Å². The van der Waals surface area contributed by atoms with Gasteiger partial charge in [0.1, 0.15) is 11.7 Å². The van der Waals surface area contributed by atoms with Gasteiger partial charge in [0.05, 0.1) is 6.61 Å². The molecular weight excluding hydrogens is 242 g/mol. The van der Waals surface area contributed by atoms with Crippen LogP contribution < -0.4 is 0 Å². The first-order chi connectivity index (χ1) is 9.20. The van der Waals surface area contributed by atoms with Crippen LogP contribution in [-0.2, 0) is 20.9 Å². The van der Waals surface area contributed by atoms with Crippen LogP contribution in [0, 0.1) is 5.92 Å². The molecule has 0 amide bonds. The van der Waals surface area contributed by atoms with Crippen LogP contribution >= 0.6 is 0 Å². The van der Waals surface area contributed by atoms with Gasteiger partial charge in [-0.05, 0) is 12.5 Å². The Kier molecular flexibility index (Phi) is 4.68. The van der Waals surface area contributed by atoms with Gasteiger partial charge in [-0.2, -0.15) is 0 Å². The molecule has 19 heavy (non-hydrogen) atoms. The molecule has 0 aromatic heterocycles. The zero-order chi connectivity index (χ0) is 13.7. The number of ketones is 1. The maximum Gasteiger partial charge on any atom is 0.317 e. The number of rotatable bonds is 4. The summed E-state index contributed by atoms with van der Waals surface area (Å²) in [5, 5.41) is 0. The van der Waals surface area contributed by atoms with Gasteiger partial charge in [-0.25, -0.2) is 0 Å². The molecule has 0 unspecified atom stereocenters. The largest absolute Gasteiger partial charge is 0.465 e. The van der Waals surface area contributed by atoms with Crippen molar-refractivity contribution in [3.8, 4) is 0 Å². The maximum absolute atomic E-state index is 11.8. The topological polar surface area (TPSA) is 46.6 Å². The first kappa shape index (κ1) is 13.7. The Labute approximate surface area is 113 Å². The Morgan fingerprint density at radius 2 is 2.11 bits per heavy atom. The molecule has 1 aliphatic heterocycles. The minimum absolute atomic E-state index is 0.00256. The highest BCUT2D eigenvalue weighted by molar-refractivity contribution is 5.99. The first-order valence-electron chi connectivity index (χ1n) is 6.66. The number of carbonyl (C=O) groups is 2. The van der Waals surface area contributed by atoms with Gasteiger partial charge in [0.25, 0.3) is 0 Å². The van der Waals surface area contributed by atoms with E-state index in [9.17, 15) is 9.59 Å². The summed E-state index contributed by atoms with van der Waals surface area (Å²) in [5.41, 5.74) is 1.19. The second-order valence-corrected chi connectivity index (χ2v) is 4.74. The molecule has 1 aromatic carbocycles. The molecule has 1 heterocycles. The zero-order valence-electron chi connectivity index (χ0n) is 11.2. The van der Waals surface area contributed by atoms with E-state index in [1.54, 1.807) is 6.92 Å². The van der Waals surface area contributed by atoms with Gasteiger partial charge in [0, 0.05) is 26.1 Å². The molecule has 1 aromatic rings. The van der Waals surface area contributed by atoms with Crippen LogP contribution in [0.25, 0.3) is 0 Å². The number of esters is 1. The third-order valence-corrected chi connectivity index (χ3v) is 3.32. The van der Waals surface area contributed by atoms with Crippen molar-refractivity contribution in [2.75, 3.05) is 19.7 Å². The monoisotopic (exact) mass is 261 g/mol. The molecule has 1 atom stereocenters. The van der Waals surface area contributed by atoms with E-state index in [0.717, 1.165) is 6.54 Å². The Balaban J connectivity index is 1.97. The van der Waals surface area contributed by atoms with Crippen LogP contribution in [0.15, 0.2) is 30.3 Å². The average Bonchev–Trinajstić information content (AvgIpc) is 2.42. The molecule has 1 saturated heterocycles. The first-order valence-corrected chi connectivity index (χ1v) is 6.66. The van der Waals surface area contributed by atoms with Gasteiger partial charge in [-0.15, -0.1) is 0 Å². The van der Waals surface area contributed by atoms with E-state index in [1.807, 2.05) is 18.2 Å². The Morgan fingerprint density at radius 3 is 2.79 bits per heavy atom. The summed E-state index contributed by atoms with van der Waals surface area (Å²) in [5.74, 6) is -0.995. The molecule has 0 N–H and O–H groups in total. The predicted molar refractivity (Wildman–Crippen MR) is 71.5 cm³/mol. The van der Waals surface area contributed by atoms with Gasteiger partial charge in [0.2, 0.25) is 0 Å². The quantitative estimate of drug-likeness (QED) is 0.610. The Bertz CT molecular complexity index is 444. The second kappa shape index (κ2) is 6.48. The standard InChI is InChI=1S/C15H19NO3/c1-2-19-15(18)13-11-16(9-8-14(13)17)10-12-6-4-3-5-7-12/h3-7,13H,2,8-11H2,1H3/t13-/m1/s1. The third kappa shape index (κ3) is 3.64. The van der Waals surface area contributed by atoms with Crippen LogP contribution in [0.5, 0.6) is 0 Å². The van der Waals surface area contributed by atoms with Gasteiger partial charge in [0.15, 0.2) is 0 Å². The SMILES string of the molecule is CCOC(=O)[C@@H]1CN(Cc2ccccc2)CCC1=O. The van der Waals surface area contributed by atoms with Crippen molar-refractivity contribution in [1.82, 2.24) is 4.90 Å². The van der Waals surface area contributed by atoms with Crippen molar-refractivity contribution >= 4 is 11.8 Å². The third-order valence-electron chi connectivity index (χ3n) is 3.32. The summed E-state index contributed by atoms with van der Waals surface area (Å²) < 4.78 is 4.96. The number of hydrogen-bond acceptors (Lipinski definition) is 4. The van der Waals surface area contributed by atoms with Crippen molar-refractivity contribution in [2.24, 2.45) is 5.92 Å². The van der Waals surface area contributed by atoms with Gasteiger partial charge in [-0.1, -0.05) is 30.3 Å². The number of carbonyl (C=O) groups excluding carboxylic acids is 2. The average molecular weight is 261 g/mol. The van der Waals surface area contributed by atoms with E-state index in [0.29, 0.717) is 26.1 Å². The van der Waals surface area contributed by atoms with Crippen molar-refractivity contribution in [1.29, 1.82) is 0 Å². The van der Waals surface area contributed by atoms with Gasteiger partial charge in [-0.3, -0.25) is 14.5 Å². The summed E-state index contributed by atoms with van der Waals surface area (Å²) in [4.78, 5) is 25.7. The molecule has 4 nitrogen and oxygen atoms in total. The number of Topliss-reactive ketones (excluding diaryl/α,β-unsaturated/α-hetero) is 1. The fraction of sp³-hybridized carbons (Fsp3) is 0.467. The number of likely N-dealkylation sites (tertiary alicyclic amines) is 1. The highest BCUT2D eigenvalue weighted by atomic mass is 16.5. The number of benzene rings is 1. The normalized spacial score (nSPS) is 20.3. The summed E-state index contributed by atoms with van der Waals surface area (Å²) in [6, 6.07) is 10.1. The number of hydrogen-bond donors (Lipinski definition) is 0. The van der Waals surface area contributed by atoms with Crippen molar-refractivity contribution in [3.63, 3.8) is 0 Å². The second-order valence-electron chi connectivity index (χ2n) is 4.74. The molecule has 1 aliphatic rings. The Morgan fingerprint density at radius 1 is 1.37 bits per heavy atom. The minimum Gasteiger partial charge on any atom is -0.465 e. The number of nitrogens with zero attached hydrogens (tertiary/aromatic N) is 1. The number of piperidine rings is 1. The lowest BCUT2D eigenvalue weighted by Gasteiger charge is -2.30. The molecular formula is C15H19NO3. The van der Waals surface area contributed by atoms with Crippen molar-refractivity contribution in [2.45, 2.75) is 19.9 Å². The lowest BCUT2D eigenvalue weighted by Crippen LogP contribution is -2.44. The lowest BCUT2D eigenvalue weighted by molar-refractivity contribution is -0.154. The van der Waals surface area contributed by atoms with E-state index in [4.69, 9.17) is 4.74 Å². The van der Waals surface area contributed by atoms with Crippen LogP contribution in [0.2, 0.25) is 0 Å². The fourth-order valence-electron chi connectivity index (χ4n) is 2.33. The molecule has 102 valence electrons. The summed E-state index contributed by atoms with van der Waals surface area (Å²) in [7, 11) is 0. The van der Waals surface area contributed by atoms with Crippen LogP contribution in [0.4, 0.5) is 0 Å². The van der Waals surface area contributed by atoms with Crippen LogP contribution in [-0.4, -0.2) is 36.3 Å². The summed E-state index contributed by atoms with van der Waals surface area (Å²) in [6.45, 7) is 4.02. The van der Waals surface area contributed by atoms with Gasteiger partial charge >= 0.3 is 5.97 Å². The van der Waals surface area contributed by atoms with E-state index in [1.165, 1.54) is 5.56 Å². The van der Waals surface area contributed by atoms with Crippen molar-refractivity contribution < 1.29 is 14.3 Å². The van der Waals surface area contributed by atoms with E-state index >= 15 is 0 Å². The zero-order valence-corrected chi connectivity index (χ0v) is 11.2. The molecule has 1 fully saturated rings. The maximum atomic E-state index is 11.8. The highest BCUT2D eigenvalue weighted by Gasteiger charge is 2.33. The Hall–Kier alpha value is -1.68. The summed E-state index contributed by atoms with van der Waals surface area (Å²) >= 11 is 0. The summed E-state index contributed by atoms with van der Waals surface area (Å²) in [6.07, 6.45) is 0.427. The van der Waals surface area contributed by atoms with Crippen LogP contribution in [0.3, 0.4) is 0 Å². The molecule has 0 aliphatic carbocycles. The number of ether oxygens (including phenoxy) is 1. The highest BCUT2D eigenvalue weighted by Crippen LogP contribution is 2.17. The molecule has 0 radical (unpaired) electrons. The predicted octanol–water partition coefficient (Wildman–Crippen LogP) is 1.64. The van der Waals surface area contributed by atoms with E-state index < -0.39 is 5.92 Å². The smallest absolute Gasteiger partial charge is 0.317 e. The molecule has 4 heteroatoms. The minimum atomic E-state index is -0.614. The molecule has 0 spiro atoms. The lowest BCUT2D eigenvalue weighted by atomic mass is 9.96. The molecule has 0 saturated carbocycles. The molecule has 0 bridgehead atoms. The van der Waals surface area contributed by atoms with Crippen LogP contribution in [0.1, 0.15) is 18.9 Å². The van der Waals surface area contributed by atoms with E-state index in [-0.39, 0.29) is 11.8 Å². The van der Waals surface area contributed by atoms with Gasteiger partial charge < -0.3 is 4.74 Å².